The summed E-state index contributed by atoms with van der Waals surface area (Å²) in [7, 11) is 3.49. The van der Waals surface area contributed by atoms with Crippen LogP contribution in [0.2, 0.25) is 0 Å². The molecule has 3 aromatic rings. The number of amides is 2. The van der Waals surface area contributed by atoms with Crippen LogP contribution in [0.5, 0.6) is 0 Å². The van der Waals surface area contributed by atoms with Crippen LogP contribution < -0.4 is 5.32 Å². The Morgan fingerprint density at radius 1 is 1.14 bits per heavy atom. The fourth-order valence-corrected chi connectivity index (χ4v) is 4.36. The van der Waals surface area contributed by atoms with E-state index < -0.39 is 47.0 Å². The van der Waals surface area contributed by atoms with Gasteiger partial charge >= 0.3 is 6.09 Å². The summed E-state index contributed by atoms with van der Waals surface area (Å²) in [5, 5.41) is 2.77. The summed E-state index contributed by atoms with van der Waals surface area (Å²) in [6, 6.07) is 3.83. The Kier molecular flexibility index (Phi) is 6.98. The molecule has 0 fully saturated rings. The van der Waals surface area contributed by atoms with Crippen molar-refractivity contribution in [2.45, 2.75) is 51.2 Å². The summed E-state index contributed by atoms with van der Waals surface area (Å²) in [5.41, 5.74) is 1.30. The molecule has 0 saturated heterocycles. The van der Waals surface area contributed by atoms with Gasteiger partial charge in [-0.2, -0.15) is 4.99 Å². The van der Waals surface area contributed by atoms with E-state index in [1.54, 1.807) is 62.5 Å². The summed E-state index contributed by atoms with van der Waals surface area (Å²) in [5.74, 6) is -4.58. The minimum atomic E-state index is -1.30. The maximum absolute atomic E-state index is 14.8. The van der Waals surface area contributed by atoms with Crippen molar-refractivity contribution >= 4 is 24.0 Å². The van der Waals surface area contributed by atoms with Crippen molar-refractivity contribution in [2.75, 3.05) is 14.1 Å². The lowest BCUT2D eigenvalue weighted by Gasteiger charge is -2.33. The fraction of sp³-hybridized carbons (Fsp3) is 0.385. The number of hydrogen-bond donors (Lipinski definition) is 1. The smallest absolute Gasteiger partial charge is 0.407 e. The van der Waals surface area contributed by atoms with Crippen molar-refractivity contribution in [3.8, 4) is 0 Å². The molecule has 2 aromatic heterocycles. The number of nitrogens with zero attached hydrogens (tertiary/aromatic N) is 4. The molecule has 2 heterocycles. The van der Waals surface area contributed by atoms with Crippen molar-refractivity contribution in [2.24, 2.45) is 4.99 Å². The third kappa shape index (κ3) is 5.76. The zero-order valence-corrected chi connectivity index (χ0v) is 21.2. The average molecular weight is 516 g/mol. The number of rotatable bonds is 4. The quantitative estimate of drug-likeness (QED) is 0.319. The number of nitrogens with one attached hydrogen (secondary N) is 1. The van der Waals surface area contributed by atoms with Crippen molar-refractivity contribution in [3.63, 3.8) is 0 Å². The molecular weight excluding hydrogens is 487 g/mol. The number of pyridine rings is 1. The molecule has 37 heavy (non-hydrogen) atoms. The summed E-state index contributed by atoms with van der Waals surface area (Å²) in [6.07, 6.45) is 2.72. The zero-order valence-electron chi connectivity index (χ0n) is 21.2. The van der Waals surface area contributed by atoms with Gasteiger partial charge in [0.2, 0.25) is 0 Å². The highest BCUT2D eigenvalue weighted by atomic mass is 19.2. The van der Waals surface area contributed by atoms with Crippen molar-refractivity contribution < 1.29 is 27.5 Å². The van der Waals surface area contributed by atoms with Crippen LogP contribution in [0.4, 0.5) is 18.0 Å². The largest absolute Gasteiger partial charge is 0.444 e. The maximum Gasteiger partial charge on any atom is 0.407 e. The van der Waals surface area contributed by atoms with Gasteiger partial charge in [0.1, 0.15) is 17.1 Å². The highest BCUT2D eigenvalue weighted by molar-refractivity contribution is 5.99. The third-order valence-corrected chi connectivity index (χ3v) is 5.91. The lowest BCUT2D eigenvalue weighted by atomic mass is 9.80. The van der Waals surface area contributed by atoms with Crippen LogP contribution in [-0.4, -0.2) is 58.4 Å². The molecule has 0 saturated carbocycles. The SMILES string of the molecule is CN(C)C=NC(=O)c1ccn2c3c(nc2c1)C[C@H](c1cc(F)c(F)cc1F)[C@@H](NC(=O)OC(C)(C)C)C3. The number of carbonyl (C=O) groups is 2. The van der Waals surface area contributed by atoms with Crippen LogP contribution in [0, 0.1) is 17.5 Å². The van der Waals surface area contributed by atoms with E-state index in [0.717, 1.165) is 11.8 Å². The second-order valence-electron chi connectivity index (χ2n) is 10.2. The van der Waals surface area contributed by atoms with Crippen LogP contribution >= 0.6 is 0 Å². The first-order valence-corrected chi connectivity index (χ1v) is 11.7. The molecule has 8 nitrogen and oxygen atoms in total. The van der Waals surface area contributed by atoms with Crippen LogP contribution in [0.1, 0.15) is 54.0 Å². The zero-order chi connectivity index (χ0) is 27.1. The summed E-state index contributed by atoms with van der Waals surface area (Å²) >= 11 is 0. The molecule has 0 spiro atoms. The lowest BCUT2D eigenvalue weighted by molar-refractivity contribution is 0.0492. The number of aromatic nitrogens is 2. The van der Waals surface area contributed by atoms with Gasteiger partial charge in [0.15, 0.2) is 11.6 Å². The second-order valence-corrected chi connectivity index (χ2v) is 10.2. The molecule has 0 aliphatic heterocycles. The van der Waals surface area contributed by atoms with E-state index in [2.05, 4.69) is 15.3 Å². The number of ether oxygens (including phenoxy) is 1. The van der Waals surface area contributed by atoms with E-state index in [0.29, 0.717) is 23.0 Å². The van der Waals surface area contributed by atoms with Crippen LogP contribution in [0.3, 0.4) is 0 Å². The predicted molar refractivity (Wildman–Crippen MR) is 131 cm³/mol. The highest BCUT2D eigenvalue weighted by Crippen LogP contribution is 2.35. The number of hydrogen-bond acceptors (Lipinski definition) is 4. The van der Waals surface area contributed by atoms with Crippen LogP contribution in [0.25, 0.3) is 5.65 Å². The molecule has 4 rings (SSSR count). The molecule has 1 aromatic carbocycles. The van der Waals surface area contributed by atoms with Gasteiger partial charge in [-0.3, -0.25) is 4.79 Å². The Balaban J connectivity index is 1.73. The summed E-state index contributed by atoms with van der Waals surface area (Å²) in [4.78, 5) is 35.2. The summed E-state index contributed by atoms with van der Waals surface area (Å²) in [6.45, 7) is 5.14. The van der Waals surface area contributed by atoms with Gasteiger partial charge < -0.3 is 19.4 Å². The van der Waals surface area contributed by atoms with E-state index in [1.165, 1.54) is 6.34 Å². The molecule has 196 valence electrons. The standard InChI is InChI=1S/C26H28F3N5O3/c1-26(2,3)37-25(36)32-20-12-22-21(10-16(20)15-9-18(28)19(29)11-17(15)27)31-23-8-14(6-7-34(22)23)24(35)30-13-33(4)5/h6-9,11,13,16,20H,10,12H2,1-5H3,(H,32,36)/t16-,20+/m1/s1. The number of fused-ring (bicyclic) bond motifs is 3. The van der Waals surface area contributed by atoms with Gasteiger partial charge in [-0.05, 0) is 44.5 Å². The molecule has 1 aliphatic carbocycles. The Morgan fingerprint density at radius 3 is 2.51 bits per heavy atom. The topological polar surface area (TPSA) is 88.3 Å². The monoisotopic (exact) mass is 515 g/mol. The molecule has 2 atom stereocenters. The first-order valence-electron chi connectivity index (χ1n) is 11.7. The Bertz CT molecular complexity index is 1390. The average Bonchev–Trinajstić information content (AvgIpc) is 3.14. The van der Waals surface area contributed by atoms with Crippen molar-refractivity contribution in [1.29, 1.82) is 0 Å². The molecule has 0 bridgehead atoms. The minimum absolute atomic E-state index is 0.0726. The van der Waals surface area contributed by atoms with Gasteiger partial charge in [0.25, 0.3) is 5.91 Å². The maximum atomic E-state index is 14.8. The van der Waals surface area contributed by atoms with Gasteiger partial charge in [-0.25, -0.2) is 22.9 Å². The number of imidazole rings is 1. The first-order chi connectivity index (χ1) is 17.3. The normalized spacial score (nSPS) is 17.6. The Hall–Kier alpha value is -3.89. The van der Waals surface area contributed by atoms with Crippen LogP contribution in [-0.2, 0) is 17.6 Å². The second kappa shape index (κ2) is 9.87. The minimum Gasteiger partial charge on any atom is -0.444 e. The Labute approximate surface area is 212 Å². The van der Waals surface area contributed by atoms with Gasteiger partial charge in [-0.1, -0.05) is 0 Å². The fourth-order valence-electron chi connectivity index (χ4n) is 4.36. The van der Waals surface area contributed by atoms with E-state index in [-0.39, 0.29) is 18.4 Å². The van der Waals surface area contributed by atoms with Gasteiger partial charge in [-0.15, -0.1) is 0 Å². The number of halogens is 3. The van der Waals surface area contributed by atoms with E-state index >= 15 is 0 Å². The molecule has 1 aliphatic rings. The van der Waals surface area contributed by atoms with E-state index in [9.17, 15) is 22.8 Å². The third-order valence-electron chi connectivity index (χ3n) is 5.91. The van der Waals surface area contributed by atoms with Crippen molar-refractivity contribution in [3.05, 3.63) is 70.4 Å². The molecular formula is C26H28F3N5O3. The molecule has 0 radical (unpaired) electrons. The number of aliphatic imine (C=N–C) groups is 1. The number of alkyl carbamates (subject to hydrolysis) is 1. The van der Waals surface area contributed by atoms with E-state index in [1.807, 2.05) is 0 Å². The number of benzene rings is 1. The van der Waals surface area contributed by atoms with Gasteiger partial charge in [0, 0.05) is 62.4 Å². The Morgan fingerprint density at radius 2 is 1.84 bits per heavy atom. The highest BCUT2D eigenvalue weighted by Gasteiger charge is 2.36. The predicted octanol–water partition coefficient (Wildman–Crippen LogP) is 4.26. The van der Waals surface area contributed by atoms with E-state index in [4.69, 9.17) is 4.74 Å². The number of carbonyl (C=O) groups excluding carboxylic acids is 2. The molecule has 11 heteroatoms. The summed E-state index contributed by atoms with van der Waals surface area (Å²) < 4.78 is 49.7. The molecule has 2 amide bonds. The first kappa shape index (κ1) is 26.2. The van der Waals surface area contributed by atoms with Crippen molar-refractivity contribution in [1.82, 2.24) is 19.6 Å². The molecule has 1 N–H and O–H groups in total. The van der Waals surface area contributed by atoms with Crippen LogP contribution in [0.15, 0.2) is 35.5 Å². The van der Waals surface area contributed by atoms with Gasteiger partial charge in [0.05, 0.1) is 12.0 Å². The lowest BCUT2D eigenvalue weighted by Crippen LogP contribution is -2.46. The molecule has 0 unspecified atom stereocenters.